The van der Waals surface area contributed by atoms with Crippen LogP contribution >= 0.6 is 0 Å². The zero-order valence-corrected chi connectivity index (χ0v) is 24.3. The third kappa shape index (κ3) is 7.29. The Kier molecular flexibility index (Phi) is 10.0. The van der Waals surface area contributed by atoms with Crippen LogP contribution in [0.15, 0.2) is 107 Å². The Morgan fingerprint density at radius 1 is 1.00 bits per heavy atom. The highest BCUT2D eigenvalue weighted by atomic mass is 19.1. The normalized spacial score (nSPS) is 17.1. The van der Waals surface area contributed by atoms with Crippen molar-refractivity contribution in [1.82, 2.24) is 5.32 Å². The van der Waals surface area contributed by atoms with Crippen molar-refractivity contribution >= 4 is 11.8 Å². The number of rotatable bonds is 13. The van der Waals surface area contributed by atoms with Gasteiger partial charge in [-0.15, -0.1) is 0 Å². The number of carbonyl (C=O) groups is 1. The fourth-order valence-corrected chi connectivity index (χ4v) is 5.20. The van der Waals surface area contributed by atoms with Crippen LogP contribution in [0.2, 0.25) is 0 Å². The molecule has 0 saturated heterocycles. The lowest BCUT2D eigenvalue weighted by atomic mass is 9.81. The first-order valence-electron chi connectivity index (χ1n) is 14.4. The molecule has 0 unspecified atom stereocenters. The average molecular weight is 612 g/mol. The van der Waals surface area contributed by atoms with E-state index in [1.165, 1.54) is 0 Å². The molecule has 9 nitrogen and oxygen atoms in total. The fourth-order valence-electron chi connectivity index (χ4n) is 5.20. The predicted octanol–water partition coefficient (Wildman–Crippen LogP) is 6.35. The highest BCUT2D eigenvalue weighted by Gasteiger charge is 2.53. The standard InChI is InChI=1S/C34H31F2N5O4/c35-28-13-16-30(36)27(19-28)21-38-33(43)34(20-25-9-4-5-10-26(25)22-39-41-37)31(23-7-2-1-3-8-23)45-32(40-34)24-11-14-29(15-12-24)44-18-6-17-42/h1-5,7-16,19,31,42H,6,17-18,20-22H2,(H,38,43)/t31-,34-/m1/s1. The topological polar surface area (TPSA) is 129 Å². The molecular formula is C34H31F2N5O4. The van der Waals surface area contributed by atoms with Crippen molar-refractivity contribution in [2.75, 3.05) is 13.2 Å². The fraction of sp³-hybridized carbons (Fsp3) is 0.235. The maximum absolute atomic E-state index is 14.5. The van der Waals surface area contributed by atoms with E-state index in [0.717, 1.165) is 18.2 Å². The summed E-state index contributed by atoms with van der Waals surface area (Å²) in [6.07, 6.45) is -0.360. The zero-order valence-electron chi connectivity index (χ0n) is 24.3. The molecule has 0 spiro atoms. The maximum Gasteiger partial charge on any atom is 0.252 e. The van der Waals surface area contributed by atoms with Gasteiger partial charge in [0, 0.05) is 42.0 Å². The molecule has 4 aromatic carbocycles. The average Bonchev–Trinajstić information content (AvgIpc) is 3.46. The second-order valence-electron chi connectivity index (χ2n) is 10.5. The van der Waals surface area contributed by atoms with Gasteiger partial charge in [0.05, 0.1) is 13.2 Å². The van der Waals surface area contributed by atoms with Crippen LogP contribution in [-0.4, -0.2) is 35.7 Å². The van der Waals surface area contributed by atoms with E-state index < -0.39 is 29.2 Å². The Labute approximate surface area is 258 Å². The number of aliphatic imine (C=N–C) groups is 1. The second-order valence-corrected chi connectivity index (χ2v) is 10.5. The van der Waals surface area contributed by atoms with Crippen molar-refractivity contribution in [2.24, 2.45) is 10.1 Å². The molecule has 2 N–H and O–H groups in total. The van der Waals surface area contributed by atoms with Crippen LogP contribution < -0.4 is 10.1 Å². The van der Waals surface area contributed by atoms with Gasteiger partial charge in [0.2, 0.25) is 5.90 Å². The molecule has 0 fully saturated rings. The lowest BCUT2D eigenvalue weighted by molar-refractivity contribution is -0.129. The summed E-state index contributed by atoms with van der Waals surface area (Å²) in [7, 11) is 0. The first-order valence-corrected chi connectivity index (χ1v) is 14.4. The van der Waals surface area contributed by atoms with Crippen molar-refractivity contribution in [1.29, 1.82) is 0 Å². The van der Waals surface area contributed by atoms with E-state index in [2.05, 4.69) is 15.3 Å². The van der Waals surface area contributed by atoms with E-state index >= 15 is 0 Å². The number of ether oxygens (including phenoxy) is 2. The van der Waals surface area contributed by atoms with Crippen molar-refractivity contribution in [3.63, 3.8) is 0 Å². The van der Waals surface area contributed by atoms with Gasteiger partial charge in [-0.2, -0.15) is 0 Å². The zero-order chi connectivity index (χ0) is 31.6. The van der Waals surface area contributed by atoms with E-state index in [0.29, 0.717) is 41.0 Å². The van der Waals surface area contributed by atoms with Gasteiger partial charge in [0.1, 0.15) is 17.4 Å². The number of nitrogens with one attached hydrogen (secondary N) is 1. The van der Waals surface area contributed by atoms with Crippen LogP contribution in [0, 0.1) is 11.6 Å². The van der Waals surface area contributed by atoms with Crippen molar-refractivity contribution < 1.29 is 28.2 Å². The number of carbonyl (C=O) groups excluding carboxylic acids is 1. The quantitative estimate of drug-likeness (QED) is 0.0790. The van der Waals surface area contributed by atoms with Crippen molar-refractivity contribution in [3.8, 4) is 5.75 Å². The van der Waals surface area contributed by atoms with Crippen molar-refractivity contribution in [3.05, 3.63) is 147 Å². The molecule has 230 valence electrons. The Hall–Kier alpha value is -5.25. The molecule has 1 amide bonds. The number of azide groups is 1. The molecule has 2 atom stereocenters. The maximum atomic E-state index is 14.5. The number of aliphatic hydroxyl groups excluding tert-OH is 1. The summed E-state index contributed by atoms with van der Waals surface area (Å²) < 4.78 is 40.6. The summed E-state index contributed by atoms with van der Waals surface area (Å²) in [6.45, 7) is 0.153. The first-order chi connectivity index (χ1) is 21.9. The first kappa shape index (κ1) is 31.2. The molecule has 1 aliphatic heterocycles. The number of hydrogen-bond acceptors (Lipinski definition) is 6. The largest absolute Gasteiger partial charge is 0.494 e. The number of benzene rings is 4. The number of aliphatic hydroxyl groups is 1. The molecule has 0 saturated carbocycles. The Balaban J connectivity index is 1.59. The van der Waals surface area contributed by atoms with Crippen molar-refractivity contribution in [2.45, 2.75) is 37.6 Å². The SMILES string of the molecule is [N-]=[N+]=NCc1ccccc1C[C@@]1(C(=O)NCc2cc(F)ccc2F)N=C(c2ccc(OCCCO)cc2)O[C@@H]1c1ccccc1. The highest BCUT2D eigenvalue weighted by molar-refractivity contribution is 6.01. The molecule has 0 aliphatic carbocycles. The van der Waals surface area contributed by atoms with Gasteiger partial charge >= 0.3 is 0 Å². The van der Waals surface area contributed by atoms with Gasteiger partial charge in [-0.25, -0.2) is 13.8 Å². The number of hydrogen-bond donors (Lipinski definition) is 2. The molecule has 45 heavy (non-hydrogen) atoms. The van der Waals surface area contributed by atoms with E-state index in [-0.39, 0.29) is 37.6 Å². The number of halogens is 2. The second kappa shape index (κ2) is 14.5. The molecular weight excluding hydrogens is 580 g/mol. The van der Waals surface area contributed by atoms with Crippen LogP contribution in [0.1, 0.15) is 40.3 Å². The Bertz CT molecular complexity index is 1710. The Morgan fingerprint density at radius 2 is 1.73 bits per heavy atom. The molecule has 0 bridgehead atoms. The van der Waals surface area contributed by atoms with Crippen LogP contribution in [0.3, 0.4) is 0 Å². The molecule has 11 heteroatoms. The third-order valence-corrected chi connectivity index (χ3v) is 7.46. The van der Waals surface area contributed by atoms with E-state index in [1.807, 2.05) is 54.6 Å². The summed E-state index contributed by atoms with van der Waals surface area (Å²) in [4.78, 5) is 22.2. The number of amides is 1. The van der Waals surface area contributed by atoms with E-state index in [4.69, 9.17) is 25.1 Å². The molecule has 4 aromatic rings. The third-order valence-electron chi connectivity index (χ3n) is 7.46. The summed E-state index contributed by atoms with van der Waals surface area (Å²) in [6, 6.07) is 26.5. The molecule has 5 rings (SSSR count). The summed E-state index contributed by atoms with van der Waals surface area (Å²) in [5.74, 6) is -1.03. The van der Waals surface area contributed by atoms with Crippen LogP contribution in [-0.2, 0) is 29.0 Å². The van der Waals surface area contributed by atoms with Gasteiger partial charge < -0.3 is 19.9 Å². The van der Waals surface area contributed by atoms with E-state index in [1.54, 1.807) is 24.3 Å². The monoisotopic (exact) mass is 611 g/mol. The molecule has 1 aliphatic rings. The van der Waals surface area contributed by atoms with Gasteiger partial charge in [0.15, 0.2) is 11.6 Å². The van der Waals surface area contributed by atoms with Gasteiger partial charge in [0.25, 0.3) is 5.91 Å². The molecule has 1 heterocycles. The Morgan fingerprint density at radius 3 is 2.47 bits per heavy atom. The molecule has 0 aromatic heterocycles. The summed E-state index contributed by atoms with van der Waals surface area (Å²) >= 11 is 0. The minimum atomic E-state index is -1.59. The lowest BCUT2D eigenvalue weighted by Crippen LogP contribution is -2.50. The minimum absolute atomic E-state index is 0.0153. The lowest BCUT2D eigenvalue weighted by Gasteiger charge is -2.31. The van der Waals surface area contributed by atoms with Gasteiger partial charge in [-0.05, 0) is 64.7 Å². The molecule has 0 radical (unpaired) electrons. The summed E-state index contributed by atoms with van der Waals surface area (Å²) in [5.41, 5.74) is 10.0. The predicted molar refractivity (Wildman–Crippen MR) is 164 cm³/mol. The van der Waals surface area contributed by atoms with Gasteiger partial charge in [-0.1, -0.05) is 59.7 Å². The van der Waals surface area contributed by atoms with Crippen LogP contribution in [0.5, 0.6) is 5.75 Å². The van der Waals surface area contributed by atoms with Crippen LogP contribution in [0.4, 0.5) is 8.78 Å². The minimum Gasteiger partial charge on any atom is -0.494 e. The van der Waals surface area contributed by atoms with Crippen LogP contribution in [0.25, 0.3) is 10.4 Å². The summed E-state index contributed by atoms with van der Waals surface area (Å²) in [5, 5.41) is 15.5. The number of nitrogens with zero attached hydrogens (tertiary/aromatic N) is 4. The smallest absolute Gasteiger partial charge is 0.252 e. The van der Waals surface area contributed by atoms with E-state index in [9.17, 15) is 13.6 Å². The van der Waals surface area contributed by atoms with Gasteiger partial charge in [-0.3, -0.25) is 4.79 Å². The highest BCUT2D eigenvalue weighted by Crippen LogP contribution is 2.43.